The fourth-order valence-electron chi connectivity index (χ4n) is 2.23. The summed E-state index contributed by atoms with van der Waals surface area (Å²) in [4.78, 5) is 12.5. The Morgan fingerprint density at radius 1 is 1.00 bits per heavy atom. The Hall–Kier alpha value is -2.38. The van der Waals surface area contributed by atoms with Crippen LogP contribution in [0.4, 0.5) is 5.69 Å². The SMILES string of the molecule is CCNCCNC(=O)c1ccccc1NS(=O)(=O)c1ccc(C)cc1. The van der Waals surface area contributed by atoms with Gasteiger partial charge in [0.1, 0.15) is 0 Å². The lowest BCUT2D eigenvalue weighted by Crippen LogP contribution is -2.32. The minimum Gasteiger partial charge on any atom is -0.351 e. The van der Waals surface area contributed by atoms with Crippen LogP contribution in [0.5, 0.6) is 0 Å². The summed E-state index contributed by atoms with van der Waals surface area (Å²) in [6, 6.07) is 13.1. The lowest BCUT2D eigenvalue weighted by Gasteiger charge is -2.13. The molecule has 0 saturated carbocycles. The van der Waals surface area contributed by atoms with Gasteiger partial charge in [-0.1, -0.05) is 36.8 Å². The second-order valence-electron chi connectivity index (χ2n) is 5.57. The first-order valence-corrected chi connectivity index (χ1v) is 9.60. The number of carbonyl (C=O) groups is 1. The third kappa shape index (κ3) is 5.30. The van der Waals surface area contributed by atoms with E-state index in [1.54, 1.807) is 36.4 Å². The van der Waals surface area contributed by atoms with Crippen molar-refractivity contribution in [2.24, 2.45) is 0 Å². The summed E-state index contributed by atoms with van der Waals surface area (Å²) < 4.78 is 27.6. The Balaban J connectivity index is 2.17. The molecule has 0 fully saturated rings. The zero-order valence-corrected chi connectivity index (χ0v) is 15.2. The van der Waals surface area contributed by atoms with Crippen LogP contribution in [0.3, 0.4) is 0 Å². The van der Waals surface area contributed by atoms with Crippen molar-refractivity contribution in [1.29, 1.82) is 0 Å². The second-order valence-corrected chi connectivity index (χ2v) is 7.26. The third-order valence-corrected chi connectivity index (χ3v) is 4.97. The van der Waals surface area contributed by atoms with Gasteiger partial charge < -0.3 is 10.6 Å². The van der Waals surface area contributed by atoms with Crippen LogP contribution in [-0.4, -0.2) is 34.0 Å². The molecule has 2 aromatic carbocycles. The molecular formula is C18H23N3O3S. The Morgan fingerprint density at radius 2 is 1.68 bits per heavy atom. The number of benzene rings is 2. The average Bonchev–Trinajstić information content (AvgIpc) is 2.59. The summed E-state index contributed by atoms with van der Waals surface area (Å²) >= 11 is 0. The molecule has 0 spiro atoms. The number of hydrogen-bond acceptors (Lipinski definition) is 4. The van der Waals surface area contributed by atoms with Crippen molar-refractivity contribution in [1.82, 2.24) is 10.6 Å². The van der Waals surface area contributed by atoms with E-state index in [0.717, 1.165) is 12.1 Å². The van der Waals surface area contributed by atoms with Gasteiger partial charge in [-0.2, -0.15) is 0 Å². The van der Waals surface area contributed by atoms with Crippen LogP contribution >= 0.6 is 0 Å². The largest absolute Gasteiger partial charge is 0.351 e. The molecule has 1 amide bonds. The predicted octanol–water partition coefficient (Wildman–Crippen LogP) is 2.14. The van der Waals surface area contributed by atoms with Crippen molar-refractivity contribution >= 4 is 21.6 Å². The molecule has 0 aliphatic rings. The van der Waals surface area contributed by atoms with Crippen molar-refractivity contribution in [3.05, 3.63) is 59.7 Å². The van der Waals surface area contributed by atoms with Gasteiger partial charge in [0.2, 0.25) is 0 Å². The molecule has 2 aromatic rings. The minimum atomic E-state index is -3.76. The standard InChI is InChI=1S/C18H23N3O3S/c1-3-19-12-13-20-18(22)16-6-4-5-7-17(16)21-25(23,24)15-10-8-14(2)9-11-15/h4-11,19,21H,3,12-13H2,1-2H3,(H,20,22). The zero-order valence-electron chi connectivity index (χ0n) is 14.4. The highest BCUT2D eigenvalue weighted by Gasteiger charge is 2.18. The van der Waals surface area contributed by atoms with E-state index in [1.165, 1.54) is 12.1 Å². The average molecular weight is 361 g/mol. The summed E-state index contributed by atoms with van der Waals surface area (Å²) in [5, 5.41) is 5.88. The minimum absolute atomic E-state index is 0.153. The van der Waals surface area contributed by atoms with Crippen molar-refractivity contribution in [3.8, 4) is 0 Å². The smallest absolute Gasteiger partial charge is 0.261 e. The topological polar surface area (TPSA) is 87.3 Å². The van der Waals surface area contributed by atoms with E-state index in [0.29, 0.717) is 13.1 Å². The lowest BCUT2D eigenvalue weighted by molar-refractivity contribution is 0.0955. The first-order valence-electron chi connectivity index (χ1n) is 8.11. The molecule has 7 heteroatoms. The van der Waals surface area contributed by atoms with Crippen molar-refractivity contribution in [2.45, 2.75) is 18.7 Å². The Bertz CT molecular complexity index is 818. The number of nitrogens with one attached hydrogen (secondary N) is 3. The van der Waals surface area contributed by atoms with Gasteiger partial charge in [0.05, 0.1) is 16.1 Å². The van der Waals surface area contributed by atoms with Crippen LogP contribution in [0.1, 0.15) is 22.8 Å². The number of carbonyl (C=O) groups excluding carboxylic acids is 1. The fourth-order valence-corrected chi connectivity index (χ4v) is 3.31. The Morgan fingerprint density at radius 3 is 2.36 bits per heavy atom. The molecule has 0 atom stereocenters. The highest BCUT2D eigenvalue weighted by molar-refractivity contribution is 7.92. The quantitative estimate of drug-likeness (QED) is 0.629. The van der Waals surface area contributed by atoms with Gasteiger partial charge in [0.15, 0.2) is 0 Å². The van der Waals surface area contributed by atoms with E-state index >= 15 is 0 Å². The van der Waals surface area contributed by atoms with E-state index in [1.807, 2.05) is 13.8 Å². The molecular weight excluding hydrogens is 338 g/mol. The fraction of sp³-hybridized carbons (Fsp3) is 0.278. The summed E-state index contributed by atoms with van der Waals surface area (Å²) in [5.41, 5.74) is 1.51. The van der Waals surface area contributed by atoms with Gasteiger partial charge in [0, 0.05) is 13.1 Å². The van der Waals surface area contributed by atoms with Crippen LogP contribution in [0.2, 0.25) is 0 Å². The van der Waals surface area contributed by atoms with Gasteiger partial charge in [-0.3, -0.25) is 9.52 Å². The summed E-state index contributed by atoms with van der Waals surface area (Å²) in [6.45, 7) is 5.81. The normalized spacial score (nSPS) is 11.1. The number of sulfonamides is 1. The first kappa shape index (κ1) is 19.0. The van der Waals surface area contributed by atoms with E-state index in [9.17, 15) is 13.2 Å². The molecule has 0 saturated heterocycles. The maximum absolute atomic E-state index is 12.5. The van der Waals surface area contributed by atoms with Gasteiger partial charge in [0.25, 0.3) is 15.9 Å². The summed E-state index contributed by atoms with van der Waals surface area (Å²) in [7, 11) is -3.76. The highest BCUT2D eigenvalue weighted by atomic mass is 32.2. The maximum Gasteiger partial charge on any atom is 0.261 e. The molecule has 134 valence electrons. The molecule has 0 aromatic heterocycles. The Kier molecular flexibility index (Phi) is 6.55. The zero-order chi connectivity index (χ0) is 18.3. The molecule has 0 heterocycles. The second kappa shape index (κ2) is 8.64. The van der Waals surface area contributed by atoms with Crippen LogP contribution < -0.4 is 15.4 Å². The van der Waals surface area contributed by atoms with Gasteiger partial charge in [-0.25, -0.2) is 8.42 Å². The summed E-state index contributed by atoms with van der Waals surface area (Å²) in [5.74, 6) is -0.319. The molecule has 0 unspecified atom stereocenters. The van der Waals surface area contributed by atoms with Crippen molar-refractivity contribution in [2.75, 3.05) is 24.4 Å². The third-order valence-electron chi connectivity index (χ3n) is 3.58. The number of anilines is 1. The van der Waals surface area contributed by atoms with Crippen LogP contribution in [0.25, 0.3) is 0 Å². The maximum atomic E-state index is 12.5. The van der Waals surface area contributed by atoms with Gasteiger partial charge >= 0.3 is 0 Å². The monoisotopic (exact) mass is 361 g/mol. The predicted molar refractivity (Wildman–Crippen MR) is 99.3 cm³/mol. The molecule has 6 nitrogen and oxygen atoms in total. The van der Waals surface area contributed by atoms with E-state index in [-0.39, 0.29) is 22.1 Å². The van der Waals surface area contributed by atoms with Gasteiger partial charge in [-0.15, -0.1) is 0 Å². The number of para-hydroxylation sites is 1. The molecule has 0 aliphatic heterocycles. The number of aryl methyl sites for hydroxylation is 1. The molecule has 0 radical (unpaired) electrons. The molecule has 2 rings (SSSR count). The number of likely N-dealkylation sites (N-methyl/N-ethyl adjacent to an activating group) is 1. The molecule has 0 bridgehead atoms. The number of rotatable bonds is 8. The molecule has 25 heavy (non-hydrogen) atoms. The van der Waals surface area contributed by atoms with Crippen LogP contribution in [0, 0.1) is 6.92 Å². The first-order chi connectivity index (χ1) is 11.9. The molecule has 0 aliphatic carbocycles. The van der Waals surface area contributed by atoms with Crippen LogP contribution in [-0.2, 0) is 10.0 Å². The van der Waals surface area contributed by atoms with E-state index in [4.69, 9.17) is 0 Å². The van der Waals surface area contributed by atoms with E-state index < -0.39 is 10.0 Å². The highest BCUT2D eigenvalue weighted by Crippen LogP contribution is 2.20. The number of hydrogen-bond donors (Lipinski definition) is 3. The lowest BCUT2D eigenvalue weighted by atomic mass is 10.1. The molecule has 3 N–H and O–H groups in total. The Labute approximate surface area is 148 Å². The van der Waals surface area contributed by atoms with Crippen molar-refractivity contribution in [3.63, 3.8) is 0 Å². The van der Waals surface area contributed by atoms with Gasteiger partial charge in [-0.05, 0) is 37.7 Å². The van der Waals surface area contributed by atoms with E-state index in [2.05, 4.69) is 15.4 Å². The summed E-state index contributed by atoms with van der Waals surface area (Å²) in [6.07, 6.45) is 0. The van der Waals surface area contributed by atoms with Crippen LogP contribution in [0.15, 0.2) is 53.4 Å². The van der Waals surface area contributed by atoms with Crippen molar-refractivity contribution < 1.29 is 13.2 Å². The number of amides is 1.